The lowest BCUT2D eigenvalue weighted by Gasteiger charge is -2.35. The van der Waals surface area contributed by atoms with Crippen LogP contribution in [0.4, 0.5) is 5.82 Å². The summed E-state index contributed by atoms with van der Waals surface area (Å²) < 4.78 is 11.9. The van der Waals surface area contributed by atoms with Crippen molar-refractivity contribution in [1.82, 2.24) is 14.3 Å². The van der Waals surface area contributed by atoms with Crippen LogP contribution in [0.3, 0.4) is 0 Å². The molecule has 8 heteroatoms. The van der Waals surface area contributed by atoms with E-state index in [2.05, 4.69) is 26.4 Å². The number of thioether (sulfide) groups is 1. The lowest BCUT2D eigenvalue weighted by molar-refractivity contribution is 0.0738. The zero-order valence-corrected chi connectivity index (χ0v) is 17.6. The first kappa shape index (κ1) is 18.7. The number of hydrogen-bond donors (Lipinski definition) is 0. The first-order valence-corrected chi connectivity index (χ1v) is 11.8. The van der Waals surface area contributed by atoms with Crippen LogP contribution in [0.25, 0.3) is 10.1 Å². The Labute approximate surface area is 178 Å². The first-order chi connectivity index (χ1) is 14.3. The Balaban J connectivity index is 1.28. The molecule has 0 radical (unpaired) electrons. The second-order valence-corrected chi connectivity index (χ2v) is 9.20. The van der Waals surface area contributed by atoms with Crippen LogP contribution in [-0.4, -0.2) is 64.0 Å². The van der Waals surface area contributed by atoms with E-state index >= 15 is 0 Å². The van der Waals surface area contributed by atoms with Crippen LogP contribution in [0.5, 0.6) is 5.88 Å². The van der Waals surface area contributed by atoms with Crippen molar-refractivity contribution in [3.63, 3.8) is 0 Å². The minimum atomic E-state index is 0.00142. The van der Waals surface area contributed by atoms with Gasteiger partial charge in [0.05, 0.1) is 4.70 Å². The maximum atomic E-state index is 13.2. The summed E-state index contributed by atoms with van der Waals surface area (Å²) in [5, 5.41) is 1.19. The molecule has 0 saturated carbocycles. The quantitative estimate of drug-likeness (QED) is 0.636. The van der Waals surface area contributed by atoms with Crippen molar-refractivity contribution in [3.8, 4) is 5.88 Å². The molecule has 2 fully saturated rings. The number of fused-ring (bicyclic) bond motifs is 1. The van der Waals surface area contributed by atoms with Gasteiger partial charge >= 0.3 is 0 Å². The minimum absolute atomic E-state index is 0.00142. The molecule has 2 aromatic heterocycles. The van der Waals surface area contributed by atoms with Crippen molar-refractivity contribution < 1.29 is 9.53 Å². The van der Waals surface area contributed by atoms with Gasteiger partial charge in [0.1, 0.15) is 17.5 Å². The third-order valence-electron chi connectivity index (χ3n) is 5.39. The number of ether oxygens (including phenoxy) is 1. The summed E-state index contributed by atoms with van der Waals surface area (Å²) >= 11 is 3.41. The van der Waals surface area contributed by atoms with Gasteiger partial charge in [-0.25, -0.2) is 4.98 Å². The van der Waals surface area contributed by atoms with Crippen molar-refractivity contribution >= 4 is 45.1 Å². The number of hydrogen-bond acceptors (Lipinski definition) is 7. The number of amides is 1. The van der Waals surface area contributed by atoms with Gasteiger partial charge in [0.25, 0.3) is 5.91 Å². The molecule has 150 valence electrons. The molecule has 1 aromatic carbocycles. The summed E-state index contributed by atoms with van der Waals surface area (Å²) in [5.41, 5.74) is 0.567. The van der Waals surface area contributed by atoms with Gasteiger partial charge < -0.3 is 14.5 Å². The predicted octanol–water partition coefficient (Wildman–Crippen LogP) is 3.54. The van der Waals surface area contributed by atoms with E-state index in [1.165, 1.54) is 21.6 Å². The second-order valence-electron chi connectivity index (χ2n) is 7.24. The topological polar surface area (TPSA) is 58.6 Å². The summed E-state index contributed by atoms with van der Waals surface area (Å²) in [6.07, 6.45) is 2.85. The molecular formula is C21H22N4O2S2. The molecule has 29 heavy (non-hydrogen) atoms. The number of pyridine rings is 1. The Morgan fingerprint density at radius 3 is 2.79 bits per heavy atom. The fourth-order valence-electron chi connectivity index (χ4n) is 3.80. The van der Waals surface area contributed by atoms with Crippen molar-refractivity contribution in [1.29, 1.82) is 0 Å². The molecule has 1 atom stereocenters. The number of carbonyl (C=O) groups excluding carboxylic acids is 1. The van der Waals surface area contributed by atoms with Crippen LogP contribution in [0.2, 0.25) is 0 Å². The zero-order chi connectivity index (χ0) is 19.6. The fraction of sp³-hybridized carbons (Fsp3) is 0.381. The van der Waals surface area contributed by atoms with Crippen LogP contribution in [-0.2, 0) is 0 Å². The summed E-state index contributed by atoms with van der Waals surface area (Å²) in [6, 6.07) is 11.9. The van der Waals surface area contributed by atoms with E-state index in [0.717, 1.165) is 36.8 Å². The van der Waals surface area contributed by atoms with Gasteiger partial charge in [-0.1, -0.05) is 12.1 Å². The summed E-state index contributed by atoms with van der Waals surface area (Å²) in [4.78, 5) is 21.7. The van der Waals surface area contributed by atoms with Gasteiger partial charge in [-0.05, 0) is 48.0 Å². The molecule has 5 rings (SSSR count). The van der Waals surface area contributed by atoms with Crippen molar-refractivity contribution in [2.45, 2.75) is 12.5 Å². The normalized spacial score (nSPS) is 19.7. The number of rotatable bonds is 4. The Morgan fingerprint density at radius 1 is 1.10 bits per heavy atom. The van der Waals surface area contributed by atoms with E-state index in [4.69, 9.17) is 4.74 Å². The van der Waals surface area contributed by atoms with Crippen LogP contribution in [0.1, 0.15) is 16.8 Å². The van der Waals surface area contributed by atoms with Crippen molar-refractivity contribution in [2.75, 3.05) is 42.6 Å². The highest BCUT2D eigenvalue weighted by Crippen LogP contribution is 2.30. The maximum Gasteiger partial charge on any atom is 0.259 e. The molecule has 6 nitrogen and oxygen atoms in total. The van der Waals surface area contributed by atoms with Gasteiger partial charge in [0, 0.05) is 43.5 Å². The van der Waals surface area contributed by atoms with Gasteiger partial charge in [0.15, 0.2) is 0 Å². The number of anilines is 1. The Bertz CT molecular complexity index is 1010. The molecule has 0 bridgehead atoms. The van der Waals surface area contributed by atoms with E-state index in [1.807, 2.05) is 34.9 Å². The van der Waals surface area contributed by atoms with Crippen LogP contribution >= 0.6 is 23.3 Å². The second kappa shape index (κ2) is 8.20. The lowest BCUT2D eigenvalue weighted by atomic mass is 10.2. The largest absolute Gasteiger partial charge is 0.473 e. The monoisotopic (exact) mass is 426 g/mol. The summed E-state index contributed by atoms with van der Waals surface area (Å²) in [5.74, 6) is 3.57. The maximum absolute atomic E-state index is 13.2. The average molecular weight is 427 g/mol. The van der Waals surface area contributed by atoms with Crippen molar-refractivity contribution in [2.24, 2.45) is 0 Å². The van der Waals surface area contributed by atoms with E-state index < -0.39 is 0 Å². The van der Waals surface area contributed by atoms with Crippen LogP contribution in [0, 0.1) is 0 Å². The van der Waals surface area contributed by atoms with E-state index in [1.54, 1.807) is 12.3 Å². The molecule has 1 unspecified atom stereocenters. The van der Waals surface area contributed by atoms with E-state index in [0.29, 0.717) is 24.5 Å². The van der Waals surface area contributed by atoms with Crippen molar-refractivity contribution in [3.05, 3.63) is 48.2 Å². The molecule has 2 saturated heterocycles. The van der Waals surface area contributed by atoms with Crippen LogP contribution < -0.4 is 9.64 Å². The standard InChI is InChI=1S/C21H22N4O2S2/c26-21(17-5-3-8-22-20(17)27-15-7-13-28-14-15)25-11-9-24(10-12-25)19-16-4-1-2-6-18(16)29-23-19/h1-6,8,15H,7,9-14H2. The first-order valence-electron chi connectivity index (χ1n) is 9.87. The highest BCUT2D eigenvalue weighted by atomic mass is 32.2. The summed E-state index contributed by atoms with van der Waals surface area (Å²) in [7, 11) is 0. The highest BCUT2D eigenvalue weighted by molar-refractivity contribution is 7.99. The predicted molar refractivity (Wildman–Crippen MR) is 118 cm³/mol. The minimum Gasteiger partial charge on any atom is -0.473 e. The molecule has 3 aromatic rings. The molecule has 1 amide bonds. The number of carbonyl (C=O) groups is 1. The number of benzene rings is 1. The number of nitrogens with zero attached hydrogens (tertiary/aromatic N) is 4. The third kappa shape index (κ3) is 3.79. The van der Waals surface area contributed by atoms with Crippen LogP contribution in [0.15, 0.2) is 42.6 Å². The molecular weight excluding hydrogens is 404 g/mol. The molecule has 0 spiro atoms. The highest BCUT2D eigenvalue weighted by Gasteiger charge is 2.28. The molecule has 0 aliphatic carbocycles. The SMILES string of the molecule is O=C(c1cccnc1OC1CCSC1)N1CCN(c2nsc3ccccc23)CC1. The van der Waals surface area contributed by atoms with E-state index in [-0.39, 0.29) is 12.0 Å². The Morgan fingerprint density at radius 2 is 1.97 bits per heavy atom. The Hall–Kier alpha value is -2.32. The molecule has 4 heterocycles. The lowest BCUT2D eigenvalue weighted by Crippen LogP contribution is -2.49. The number of aromatic nitrogens is 2. The fourth-order valence-corrected chi connectivity index (χ4v) is 5.69. The molecule has 2 aliphatic heterocycles. The summed E-state index contributed by atoms with van der Waals surface area (Å²) in [6.45, 7) is 2.88. The molecule has 2 aliphatic rings. The van der Waals surface area contributed by atoms with Gasteiger partial charge in [0.2, 0.25) is 5.88 Å². The molecule has 0 N–H and O–H groups in total. The van der Waals surface area contributed by atoms with Gasteiger partial charge in [-0.15, -0.1) is 0 Å². The van der Waals surface area contributed by atoms with Gasteiger partial charge in [-0.2, -0.15) is 16.1 Å². The third-order valence-corrected chi connectivity index (χ3v) is 7.34. The zero-order valence-electron chi connectivity index (χ0n) is 16.0. The smallest absolute Gasteiger partial charge is 0.259 e. The van der Waals surface area contributed by atoms with E-state index in [9.17, 15) is 4.79 Å². The number of piperazine rings is 1. The van der Waals surface area contributed by atoms with Gasteiger partial charge in [-0.3, -0.25) is 4.79 Å². The Kier molecular flexibility index (Phi) is 5.28. The average Bonchev–Trinajstić information content (AvgIpc) is 3.44.